The fourth-order valence-electron chi connectivity index (χ4n) is 1.36. The van der Waals surface area contributed by atoms with Crippen LogP contribution in [0.2, 0.25) is 20.1 Å². The molecule has 0 aliphatic carbocycles. The molecule has 120 valence electrons. The number of anilines is 1. The summed E-state index contributed by atoms with van der Waals surface area (Å²) in [6.45, 7) is 1.99. The Hall–Kier alpha value is -0.390. The minimum Gasteiger partial charge on any atom is -0.396 e. The van der Waals surface area contributed by atoms with E-state index in [1.54, 1.807) is 0 Å². The molecule has 0 saturated carbocycles. The fraction of sp³-hybridized carbons (Fsp3) is 0.143. The van der Waals surface area contributed by atoms with Crippen LogP contribution in [0.25, 0.3) is 0 Å². The SMILES string of the molecule is CCSc1c(Cl)cc(F)cc1Cl.Nc1c(Cl)cc(F)cc1Cl. The first-order valence-corrected chi connectivity index (χ1v) is 8.43. The molecule has 0 heterocycles. The number of hydrogen-bond donors (Lipinski definition) is 1. The fourth-order valence-corrected chi connectivity index (χ4v) is 3.30. The Morgan fingerprint density at radius 2 is 1.23 bits per heavy atom. The van der Waals surface area contributed by atoms with Gasteiger partial charge in [0.2, 0.25) is 0 Å². The lowest BCUT2D eigenvalue weighted by atomic mass is 10.3. The van der Waals surface area contributed by atoms with E-state index >= 15 is 0 Å². The smallest absolute Gasteiger partial charge is 0.126 e. The maximum atomic E-state index is 12.7. The van der Waals surface area contributed by atoms with E-state index in [-0.39, 0.29) is 15.7 Å². The van der Waals surface area contributed by atoms with Gasteiger partial charge in [-0.15, -0.1) is 11.8 Å². The van der Waals surface area contributed by atoms with Crippen LogP contribution in [0.5, 0.6) is 0 Å². The molecule has 0 fully saturated rings. The molecule has 0 spiro atoms. The van der Waals surface area contributed by atoms with E-state index in [0.717, 1.165) is 22.8 Å². The lowest BCUT2D eigenvalue weighted by Crippen LogP contribution is -1.88. The predicted molar refractivity (Wildman–Crippen MR) is 93.7 cm³/mol. The number of rotatable bonds is 2. The van der Waals surface area contributed by atoms with E-state index < -0.39 is 11.6 Å². The molecule has 0 aromatic heterocycles. The molecule has 0 saturated heterocycles. The van der Waals surface area contributed by atoms with E-state index in [0.29, 0.717) is 10.0 Å². The van der Waals surface area contributed by atoms with Crippen LogP contribution in [0, 0.1) is 11.6 Å². The van der Waals surface area contributed by atoms with Crippen molar-refractivity contribution in [3.05, 3.63) is 56.0 Å². The van der Waals surface area contributed by atoms with Gasteiger partial charge in [-0.3, -0.25) is 0 Å². The van der Waals surface area contributed by atoms with Crippen molar-refractivity contribution in [1.29, 1.82) is 0 Å². The van der Waals surface area contributed by atoms with Crippen LogP contribution in [0.15, 0.2) is 29.2 Å². The Balaban J connectivity index is 0.000000224. The van der Waals surface area contributed by atoms with Crippen LogP contribution in [0.4, 0.5) is 14.5 Å². The molecule has 0 atom stereocenters. The number of nitrogens with two attached hydrogens (primary N) is 1. The Bertz CT molecular complexity index is 621. The maximum absolute atomic E-state index is 12.7. The summed E-state index contributed by atoms with van der Waals surface area (Å²) in [5.41, 5.74) is 5.53. The van der Waals surface area contributed by atoms with Crippen LogP contribution in [0.1, 0.15) is 6.92 Å². The number of nitrogen functional groups attached to an aromatic ring is 1. The van der Waals surface area contributed by atoms with Gasteiger partial charge in [-0.25, -0.2) is 8.78 Å². The summed E-state index contributed by atoms with van der Waals surface area (Å²) in [6.07, 6.45) is 0. The van der Waals surface area contributed by atoms with Crippen molar-refractivity contribution < 1.29 is 8.78 Å². The van der Waals surface area contributed by atoms with Gasteiger partial charge in [0, 0.05) is 4.90 Å². The van der Waals surface area contributed by atoms with Crippen LogP contribution in [0.3, 0.4) is 0 Å². The molecule has 22 heavy (non-hydrogen) atoms. The van der Waals surface area contributed by atoms with Crippen molar-refractivity contribution >= 4 is 63.9 Å². The zero-order chi connectivity index (χ0) is 16.9. The summed E-state index contributed by atoms with van der Waals surface area (Å²) in [6, 6.07) is 4.77. The summed E-state index contributed by atoms with van der Waals surface area (Å²) in [5.74, 6) is -0.0138. The third-order valence-electron chi connectivity index (χ3n) is 2.30. The highest BCUT2D eigenvalue weighted by Gasteiger charge is 2.07. The second-order valence-corrected chi connectivity index (χ2v) is 6.82. The van der Waals surface area contributed by atoms with Gasteiger partial charge < -0.3 is 5.73 Å². The Labute approximate surface area is 151 Å². The third kappa shape index (κ3) is 5.67. The van der Waals surface area contributed by atoms with Crippen LogP contribution in [-0.4, -0.2) is 5.75 Å². The molecular weight excluding hydrogens is 394 g/mol. The quantitative estimate of drug-likeness (QED) is 0.432. The Kier molecular flexibility index (Phi) is 8.08. The average molecular weight is 405 g/mol. The minimum absolute atomic E-state index is 0.144. The lowest BCUT2D eigenvalue weighted by molar-refractivity contribution is 0.626. The molecule has 0 radical (unpaired) electrons. The first-order valence-electron chi connectivity index (χ1n) is 5.93. The monoisotopic (exact) mass is 403 g/mol. The van der Waals surface area contributed by atoms with Crippen LogP contribution < -0.4 is 5.73 Å². The second-order valence-electron chi connectivity index (χ2n) is 3.91. The summed E-state index contributed by atoms with van der Waals surface area (Å²) in [5, 5.41) is 1.05. The van der Waals surface area contributed by atoms with Gasteiger partial charge in [-0.2, -0.15) is 0 Å². The van der Waals surface area contributed by atoms with E-state index in [9.17, 15) is 8.78 Å². The van der Waals surface area contributed by atoms with Gasteiger partial charge in [0.25, 0.3) is 0 Å². The van der Waals surface area contributed by atoms with Crippen LogP contribution in [-0.2, 0) is 0 Å². The van der Waals surface area contributed by atoms with Crippen molar-refractivity contribution in [2.24, 2.45) is 0 Å². The summed E-state index contributed by atoms with van der Waals surface area (Å²) in [7, 11) is 0. The number of hydrogen-bond acceptors (Lipinski definition) is 2. The normalized spacial score (nSPS) is 10.1. The zero-order valence-electron chi connectivity index (χ0n) is 11.3. The van der Waals surface area contributed by atoms with Crippen molar-refractivity contribution in [3.8, 4) is 0 Å². The van der Waals surface area contributed by atoms with E-state index in [1.165, 1.54) is 23.9 Å². The zero-order valence-corrected chi connectivity index (χ0v) is 15.1. The van der Waals surface area contributed by atoms with Gasteiger partial charge >= 0.3 is 0 Å². The second kappa shape index (κ2) is 9.04. The highest BCUT2D eigenvalue weighted by atomic mass is 35.5. The molecule has 1 nitrogen and oxygen atoms in total. The molecule has 0 aliphatic rings. The van der Waals surface area contributed by atoms with Gasteiger partial charge in [0.1, 0.15) is 11.6 Å². The first-order chi connectivity index (χ1) is 10.3. The Morgan fingerprint density at radius 3 is 1.59 bits per heavy atom. The van der Waals surface area contributed by atoms with Gasteiger partial charge in [0.15, 0.2) is 0 Å². The minimum atomic E-state index is -0.482. The van der Waals surface area contributed by atoms with Crippen molar-refractivity contribution in [1.82, 2.24) is 0 Å². The summed E-state index contributed by atoms with van der Waals surface area (Å²) in [4.78, 5) is 0.752. The van der Waals surface area contributed by atoms with Crippen molar-refractivity contribution in [2.45, 2.75) is 11.8 Å². The number of thioether (sulfide) groups is 1. The summed E-state index contributed by atoms with van der Waals surface area (Å²) < 4.78 is 25.1. The average Bonchev–Trinajstić information content (AvgIpc) is 2.40. The maximum Gasteiger partial charge on any atom is 0.126 e. The highest BCUT2D eigenvalue weighted by Crippen LogP contribution is 2.34. The predicted octanol–water partition coefficient (Wildman–Crippen LogP) is 6.96. The van der Waals surface area contributed by atoms with Gasteiger partial charge in [-0.05, 0) is 30.0 Å². The number of benzene rings is 2. The van der Waals surface area contributed by atoms with Crippen molar-refractivity contribution in [2.75, 3.05) is 11.5 Å². The molecular formula is C14H11Cl4F2NS. The van der Waals surface area contributed by atoms with Gasteiger partial charge in [-0.1, -0.05) is 53.3 Å². The topological polar surface area (TPSA) is 26.0 Å². The van der Waals surface area contributed by atoms with Crippen LogP contribution >= 0.6 is 58.2 Å². The Morgan fingerprint density at radius 1 is 0.864 bits per heavy atom. The van der Waals surface area contributed by atoms with E-state index in [2.05, 4.69) is 0 Å². The molecule has 2 N–H and O–H groups in total. The molecule has 8 heteroatoms. The standard InChI is InChI=1S/C8H7Cl2FS.C6H4Cl2FN/c1-2-12-8-6(9)3-5(11)4-7(8)10;7-4-1-3(9)2-5(8)6(4)10/h3-4H,2H2,1H3;1-2H,10H2. The third-order valence-corrected chi connectivity index (χ3v) is 4.76. The summed E-state index contributed by atoms with van der Waals surface area (Å²) >= 11 is 24.0. The molecule has 2 aromatic rings. The van der Waals surface area contributed by atoms with E-state index in [1.807, 2.05) is 6.92 Å². The molecule has 0 aliphatic heterocycles. The highest BCUT2D eigenvalue weighted by molar-refractivity contribution is 7.99. The largest absolute Gasteiger partial charge is 0.396 e. The lowest BCUT2D eigenvalue weighted by Gasteiger charge is -2.04. The first kappa shape index (κ1) is 19.7. The number of halogens is 6. The van der Waals surface area contributed by atoms with E-state index in [4.69, 9.17) is 52.1 Å². The molecule has 2 rings (SSSR count). The molecule has 0 bridgehead atoms. The molecule has 0 unspecified atom stereocenters. The van der Waals surface area contributed by atoms with Crippen molar-refractivity contribution in [3.63, 3.8) is 0 Å². The molecule has 0 amide bonds. The molecule has 2 aromatic carbocycles. The van der Waals surface area contributed by atoms with Gasteiger partial charge in [0.05, 0.1) is 25.8 Å².